The summed E-state index contributed by atoms with van der Waals surface area (Å²) in [5.41, 5.74) is 0.0693. The van der Waals surface area contributed by atoms with E-state index in [1.165, 1.54) is 22.9 Å². The average Bonchev–Trinajstić information content (AvgIpc) is 3.02. The zero-order valence-electron chi connectivity index (χ0n) is 17.8. The topological polar surface area (TPSA) is 112 Å². The van der Waals surface area contributed by atoms with E-state index < -0.39 is 34.1 Å². The average molecular weight is 519 g/mol. The summed E-state index contributed by atoms with van der Waals surface area (Å²) in [5, 5.41) is 2.76. The predicted octanol–water partition coefficient (Wildman–Crippen LogP) is 3.27. The number of rotatable bonds is 6. The molecule has 0 radical (unpaired) electrons. The first-order valence-electron chi connectivity index (χ1n) is 9.76. The van der Waals surface area contributed by atoms with Crippen molar-refractivity contribution in [3.05, 3.63) is 41.3 Å². The van der Waals surface area contributed by atoms with Crippen LogP contribution in [0.2, 0.25) is 5.02 Å². The van der Waals surface area contributed by atoms with Crippen LogP contribution in [0.1, 0.15) is 17.5 Å². The van der Waals surface area contributed by atoms with Gasteiger partial charge in [-0.25, -0.2) is 18.4 Å². The van der Waals surface area contributed by atoms with Gasteiger partial charge in [-0.2, -0.15) is 13.2 Å². The summed E-state index contributed by atoms with van der Waals surface area (Å²) < 4.78 is 72.5. The minimum Gasteiger partial charge on any atom is -0.478 e. The van der Waals surface area contributed by atoms with Crippen LogP contribution in [-0.4, -0.2) is 58.7 Å². The third-order valence-electron chi connectivity index (χ3n) is 4.94. The molecule has 0 unspecified atom stereocenters. The second kappa shape index (κ2) is 8.31. The smallest absolute Gasteiger partial charge is 0.422 e. The van der Waals surface area contributed by atoms with E-state index in [-0.39, 0.29) is 39.7 Å². The summed E-state index contributed by atoms with van der Waals surface area (Å²) in [5.74, 6) is -1.12. The Kier molecular flexibility index (Phi) is 5.88. The lowest BCUT2D eigenvalue weighted by atomic mass is 10.1. The Morgan fingerprint density at radius 1 is 1.29 bits per heavy atom. The molecule has 3 heterocycles. The van der Waals surface area contributed by atoms with Gasteiger partial charge in [0.05, 0.1) is 33.1 Å². The Hall–Kier alpha value is -3.06. The highest BCUT2D eigenvalue weighted by Crippen LogP contribution is 2.34. The lowest BCUT2D eigenvalue weighted by Crippen LogP contribution is -2.63. The lowest BCUT2D eigenvalue weighted by molar-refractivity contribution is -0.153. The molecule has 182 valence electrons. The fraction of sp³-hybridized carbons (Fsp3) is 0.350. The summed E-state index contributed by atoms with van der Waals surface area (Å²) in [6.07, 6.45) is -3.37. The number of imidazole rings is 1. The fourth-order valence-electron chi connectivity index (χ4n) is 3.63. The number of nitrogens with one attached hydrogen (secondary N) is 1. The van der Waals surface area contributed by atoms with Crippen LogP contribution >= 0.6 is 11.6 Å². The van der Waals surface area contributed by atoms with Crippen LogP contribution < -0.4 is 14.8 Å². The molecule has 2 aromatic heterocycles. The summed E-state index contributed by atoms with van der Waals surface area (Å²) in [6, 6.07) is 5.74. The number of aryl methyl sites for hydroxylation is 1. The van der Waals surface area contributed by atoms with Crippen LogP contribution in [0.25, 0.3) is 11.0 Å². The zero-order valence-corrected chi connectivity index (χ0v) is 19.4. The van der Waals surface area contributed by atoms with Crippen molar-refractivity contribution in [3.63, 3.8) is 0 Å². The van der Waals surface area contributed by atoms with Crippen molar-refractivity contribution in [2.75, 3.05) is 18.1 Å². The number of alkyl halides is 3. The SMILES string of the molecule is Cn1c(C(=O)NC2(C)CS(=O)(=O)C2)nc2ccc(Oc3ncc(Cl)cc3OCC(F)(F)F)cc21. The largest absolute Gasteiger partial charge is 0.478 e. The van der Waals surface area contributed by atoms with Gasteiger partial charge in [0.2, 0.25) is 0 Å². The molecule has 9 nitrogen and oxygen atoms in total. The van der Waals surface area contributed by atoms with Crippen molar-refractivity contribution in [1.82, 2.24) is 19.9 Å². The van der Waals surface area contributed by atoms with Gasteiger partial charge in [0.25, 0.3) is 11.8 Å². The highest BCUT2D eigenvalue weighted by atomic mass is 35.5. The molecule has 1 aliphatic rings. The molecule has 3 aromatic rings. The number of carbonyl (C=O) groups excluding carboxylic acids is 1. The molecule has 1 N–H and O–H groups in total. The second-order valence-corrected chi connectivity index (χ2v) is 10.7. The molecule has 0 atom stereocenters. The first-order valence-corrected chi connectivity index (χ1v) is 12.0. The molecule has 4 rings (SSSR count). The molecule has 14 heteroatoms. The van der Waals surface area contributed by atoms with Crippen LogP contribution in [0.15, 0.2) is 30.5 Å². The van der Waals surface area contributed by atoms with Gasteiger partial charge in [-0.3, -0.25) is 4.79 Å². The summed E-state index contributed by atoms with van der Waals surface area (Å²) >= 11 is 5.81. The number of hydrogen-bond donors (Lipinski definition) is 1. The minimum absolute atomic E-state index is 0.0523. The molecule has 34 heavy (non-hydrogen) atoms. The van der Waals surface area contributed by atoms with Crippen molar-refractivity contribution in [1.29, 1.82) is 0 Å². The Balaban J connectivity index is 1.57. The molecule has 0 aliphatic carbocycles. The van der Waals surface area contributed by atoms with Gasteiger partial charge in [0, 0.05) is 25.4 Å². The monoisotopic (exact) mass is 518 g/mol. The zero-order chi connectivity index (χ0) is 24.9. The molecular formula is C20H18ClF3N4O5S. The number of hydrogen-bond acceptors (Lipinski definition) is 7. The van der Waals surface area contributed by atoms with Crippen molar-refractivity contribution in [2.45, 2.75) is 18.6 Å². The molecule has 1 amide bonds. The van der Waals surface area contributed by atoms with Gasteiger partial charge in [0.15, 0.2) is 28.0 Å². The number of carbonyl (C=O) groups is 1. The molecular weight excluding hydrogens is 501 g/mol. The van der Waals surface area contributed by atoms with Crippen molar-refractivity contribution < 1.29 is 35.9 Å². The first-order chi connectivity index (χ1) is 15.7. The van der Waals surface area contributed by atoms with Gasteiger partial charge in [-0.05, 0) is 19.1 Å². The summed E-state index contributed by atoms with van der Waals surface area (Å²) in [6.45, 7) is 0.0863. The molecule has 0 saturated carbocycles. The number of nitrogens with zero attached hydrogens (tertiary/aromatic N) is 3. The van der Waals surface area contributed by atoms with Gasteiger partial charge in [-0.15, -0.1) is 0 Å². The molecule has 1 aliphatic heterocycles. The maximum absolute atomic E-state index is 12.7. The van der Waals surface area contributed by atoms with E-state index >= 15 is 0 Å². The van der Waals surface area contributed by atoms with E-state index in [9.17, 15) is 26.4 Å². The first kappa shape index (κ1) is 24.1. The van der Waals surface area contributed by atoms with Gasteiger partial charge < -0.3 is 19.4 Å². The third kappa shape index (κ3) is 5.20. The third-order valence-corrected chi connectivity index (χ3v) is 7.30. The maximum Gasteiger partial charge on any atom is 0.422 e. The predicted molar refractivity (Wildman–Crippen MR) is 116 cm³/mol. The Labute approximate surface area is 196 Å². The van der Waals surface area contributed by atoms with E-state index in [0.717, 1.165) is 6.07 Å². The number of sulfone groups is 1. The van der Waals surface area contributed by atoms with E-state index in [1.807, 2.05) is 0 Å². The quantitative estimate of drug-likeness (QED) is 0.533. The maximum atomic E-state index is 12.7. The summed E-state index contributed by atoms with van der Waals surface area (Å²) in [7, 11) is -1.56. The molecule has 1 fully saturated rings. The minimum atomic E-state index is -4.56. The second-order valence-electron chi connectivity index (χ2n) is 8.15. The van der Waals surface area contributed by atoms with Crippen LogP contribution in [-0.2, 0) is 16.9 Å². The number of amides is 1. The van der Waals surface area contributed by atoms with E-state index in [0.29, 0.717) is 11.0 Å². The molecule has 1 aromatic carbocycles. The van der Waals surface area contributed by atoms with E-state index in [4.69, 9.17) is 21.1 Å². The molecule has 0 bridgehead atoms. The molecule has 1 saturated heterocycles. The van der Waals surface area contributed by atoms with Crippen LogP contribution in [0.3, 0.4) is 0 Å². The highest BCUT2D eigenvalue weighted by Gasteiger charge is 2.46. The van der Waals surface area contributed by atoms with Crippen molar-refractivity contribution in [3.8, 4) is 17.4 Å². The van der Waals surface area contributed by atoms with Crippen LogP contribution in [0.4, 0.5) is 13.2 Å². The number of fused-ring (bicyclic) bond motifs is 1. The Morgan fingerprint density at radius 3 is 2.65 bits per heavy atom. The Morgan fingerprint density at radius 2 is 2.00 bits per heavy atom. The number of halogens is 4. The van der Waals surface area contributed by atoms with Crippen LogP contribution in [0.5, 0.6) is 17.4 Å². The Bertz CT molecular complexity index is 1380. The standard InChI is InChI=1S/C20H18ClF3N4O5S/c1-19(9-34(30,31)10-19)27-17(29)16-26-13-4-3-12(6-14(13)28(16)2)33-18-15(5-11(21)7-25-18)32-8-20(22,23)24/h3-7H,8-10H2,1-2H3,(H,27,29). The van der Waals surface area contributed by atoms with Gasteiger partial charge in [0.1, 0.15) is 5.75 Å². The number of aromatic nitrogens is 3. The van der Waals surface area contributed by atoms with E-state index in [1.54, 1.807) is 20.0 Å². The number of pyridine rings is 1. The van der Waals surface area contributed by atoms with Crippen LogP contribution in [0, 0.1) is 0 Å². The number of ether oxygens (including phenoxy) is 2. The van der Waals surface area contributed by atoms with Gasteiger partial charge >= 0.3 is 6.18 Å². The lowest BCUT2D eigenvalue weighted by Gasteiger charge is -2.38. The normalized spacial score (nSPS) is 16.6. The van der Waals surface area contributed by atoms with E-state index in [2.05, 4.69) is 15.3 Å². The molecule has 0 spiro atoms. The van der Waals surface area contributed by atoms with Crippen molar-refractivity contribution in [2.24, 2.45) is 7.05 Å². The number of benzene rings is 1. The fourth-order valence-corrected chi connectivity index (χ4v) is 5.78. The highest BCUT2D eigenvalue weighted by molar-refractivity contribution is 7.93. The van der Waals surface area contributed by atoms with Gasteiger partial charge in [-0.1, -0.05) is 11.6 Å². The van der Waals surface area contributed by atoms with Crippen molar-refractivity contribution >= 4 is 38.4 Å². The summed E-state index contributed by atoms with van der Waals surface area (Å²) in [4.78, 5) is 20.9.